The predicted molar refractivity (Wildman–Crippen MR) is 112 cm³/mol. The van der Waals surface area contributed by atoms with Crippen molar-refractivity contribution in [3.63, 3.8) is 0 Å². The van der Waals surface area contributed by atoms with E-state index in [0.29, 0.717) is 42.3 Å². The molecule has 28 heavy (non-hydrogen) atoms. The summed E-state index contributed by atoms with van der Waals surface area (Å²) in [5, 5.41) is 5.29. The minimum absolute atomic E-state index is 0.0813. The number of benzene rings is 1. The van der Waals surface area contributed by atoms with E-state index in [2.05, 4.69) is 5.32 Å². The average molecular weight is 443 g/mol. The molecule has 9 heteroatoms. The lowest BCUT2D eigenvalue weighted by Crippen LogP contribution is -2.41. The van der Waals surface area contributed by atoms with Crippen LogP contribution in [0.3, 0.4) is 0 Å². The third-order valence-corrected chi connectivity index (χ3v) is 7.33. The van der Waals surface area contributed by atoms with Crippen LogP contribution in [-0.4, -0.2) is 44.1 Å². The van der Waals surface area contributed by atoms with Crippen LogP contribution in [-0.2, 0) is 10.0 Å². The second kappa shape index (κ2) is 8.82. The summed E-state index contributed by atoms with van der Waals surface area (Å²) in [5.74, 6) is 0.304. The van der Waals surface area contributed by atoms with Crippen molar-refractivity contribution < 1.29 is 17.9 Å². The first-order valence-electron chi connectivity index (χ1n) is 8.99. The van der Waals surface area contributed by atoms with E-state index in [-0.39, 0.29) is 18.1 Å². The molecule has 1 fully saturated rings. The Morgan fingerprint density at radius 3 is 2.61 bits per heavy atom. The van der Waals surface area contributed by atoms with Crippen LogP contribution in [0.4, 0.5) is 0 Å². The lowest BCUT2D eigenvalue weighted by atomic mass is 10.1. The van der Waals surface area contributed by atoms with Crippen LogP contribution in [0.2, 0.25) is 5.02 Å². The zero-order chi connectivity index (χ0) is 20.3. The van der Waals surface area contributed by atoms with Crippen molar-refractivity contribution in [2.45, 2.75) is 31.9 Å². The van der Waals surface area contributed by atoms with Crippen LogP contribution in [0, 0.1) is 0 Å². The molecular weight excluding hydrogens is 420 g/mol. The van der Waals surface area contributed by atoms with Gasteiger partial charge >= 0.3 is 0 Å². The van der Waals surface area contributed by atoms with Gasteiger partial charge in [-0.3, -0.25) is 4.79 Å². The molecule has 0 aliphatic carbocycles. The number of nitrogens with one attached hydrogen (secondary N) is 1. The number of carbonyl (C=O) groups is 1. The second-order valence-electron chi connectivity index (χ2n) is 6.84. The molecular formula is C19H23ClN2O4S2. The Hall–Kier alpha value is -1.61. The van der Waals surface area contributed by atoms with Crippen LogP contribution < -0.4 is 10.1 Å². The zero-order valence-corrected chi connectivity index (χ0v) is 18.1. The summed E-state index contributed by atoms with van der Waals surface area (Å²) in [6.07, 6.45) is 2.32. The molecule has 1 aromatic heterocycles. The summed E-state index contributed by atoms with van der Waals surface area (Å²) in [7, 11) is -3.16. The molecule has 0 spiro atoms. The van der Waals surface area contributed by atoms with Crippen LogP contribution in [0.25, 0.3) is 0 Å². The molecule has 1 saturated heterocycles. The molecule has 1 aromatic carbocycles. The Bertz CT molecular complexity index is 923. The number of sulfonamides is 1. The van der Waals surface area contributed by atoms with Gasteiger partial charge in [-0.05, 0) is 49.4 Å². The molecule has 1 N–H and O–H groups in total. The van der Waals surface area contributed by atoms with Crippen LogP contribution in [0.1, 0.15) is 41.0 Å². The Labute approximate surface area is 174 Å². The third-order valence-electron chi connectivity index (χ3n) is 4.68. The highest BCUT2D eigenvalue weighted by Crippen LogP contribution is 2.29. The van der Waals surface area contributed by atoms with Crippen molar-refractivity contribution in [3.8, 4) is 5.75 Å². The van der Waals surface area contributed by atoms with E-state index in [9.17, 15) is 13.2 Å². The first kappa shape index (κ1) is 21.1. The van der Waals surface area contributed by atoms with Gasteiger partial charge in [-0.25, -0.2) is 12.7 Å². The maximum Gasteiger partial charge on any atom is 0.251 e. The molecule has 1 atom stereocenters. The van der Waals surface area contributed by atoms with Crippen LogP contribution in [0.5, 0.6) is 5.75 Å². The summed E-state index contributed by atoms with van der Waals surface area (Å²) >= 11 is 7.91. The lowest BCUT2D eigenvalue weighted by molar-refractivity contribution is 0.0940. The van der Waals surface area contributed by atoms with Crippen LogP contribution >= 0.6 is 22.9 Å². The lowest BCUT2D eigenvalue weighted by Gasteiger charge is -2.30. The smallest absolute Gasteiger partial charge is 0.251 e. The van der Waals surface area contributed by atoms with E-state index in [1.54, 1.807) is 29.5 Å². The van der Waals surface area contributed by atoms with Gasteiger partial charge < -0.3 is 10.1 Å². The zero-order valence-electron chi connectivity index (χ0n) is 15.7. The molecule has 0 saturated carbocycles. The van der Waals surface area contributed by atoms with Gasteiger partial charge in [-0.1, -0.05) is 17.7 Å². The van der Waals surface area contributed by atoms with Crippen molar-refractivity contribution in [2.75, 3.05) is 19.3 Å². The van der Waals surface area contributed by atoms with E-state index in [4.69, 9.17) is 16.3 Å². The highest BCUT2D eigenvalue weighted by atomic mass is 35.5. The van der Waals surface area contributed by atoms with E-state index in [0.717, 1.165) is 4.88 Å². The van der Waals surface area contributed by atoms with E-state index < -0.39 is 10.0 Å². The fourth-order valence-corrected chi connectivity index (χ4v) is 4.92. The maximum absolute atomic E-state index is 12.5. The van der Waals surface area contributed by atoms with Gasteiger partial charge in [-0.15, -0.1) is 11.3 Å². The number of halogens is 1. The van der Waals surface area contributed by atoms with Gasteiger partial charge in [0.05, 0.1) is 17.3 Å². The molecule has 6 nitrogen and oxygen atoms in total. The molecule has 3 rings (SSSR count). The van der Waals surface area contributed by atoms with Crippen molar-refractivity contribution in [2.24, 2.45) is 0 Å². The number of hydrogen-bond acceptors (Lipinski definition) is 5. The monoisotopic (exact) mass is 442 g/mol. The van der Waals surface area contributed by atoms with Crippen molar-refractivity contribution in [1.29, 1.82) is 0 Å². The van der Waals surface area contributed by atoms with E-state index in [1.165, 1.54) is 10.6 Å². The SMILES string of the molecule is CC(NC(=O)c1ccc(OC2CCN(S(C)(=O)=O)CC2)c(Cl)c1)c1cccs1. The van der Waals surface area contributed by atoms with Gasteiger partial charge in [0, 0.05) is 23.5 Å². The number of nitrogens with zero attached hydrogens (tertiary/aromatic N) is 1. The topological polar surface area (TPSA) is 75.7 Å². The minimum atomic E-state index is -3.16. The normalized spacial score (nSPS) is 17.2. The first-order valence-corrected chi connectivity index (χ1v) is 12.1. The summed E-state index contributed by atoms with van der Waals surface area (Å²) < 4.78 is 30.6. The molecule has 2 heterocycles. The summed E-state index contributed by atoms with van der Waals surface area (Å²) in [4.78, 5) is 13.5. The number of carbonyl (C=O) groups excluding carboxylic acids is 1. The summed E-state index contributed by atoms with van der Waals surface area (Å²) in [6.45, 7) is 2.80. The summed E-state index contributed by atoms with van der Waals surface area (Å²) in [6, 6.07) is 8.82. The van der Waals surface area contributed by atoms with Crippen molar-refractivity contribution in [1.82, 2.24) is 9.62 Å². The Morgan fingerprint density at radius 1 is 1.32 bits per heavy atom. The molecule has 0 radical (unpaired) electrons. The third kappa shape index (κ3) is 5.26. The van der Waals surface area contributed by atoms with Gasteiger partial charge in [0.1, 0.15) is 11.9 Å². The first-order chi connectivity index (χ1) is 13.2. The molecule has 1 aliphatic heterocycles. The molecule has 0 bridgehead atoms. The second-order valence-corrected chi connectivity index (χ2v) is 10.2. The molecule has 1 unspecified atom stereocenters. The van der Waals surface area contributed by atoms with E-state index >= 15 is 0 Å². The van der Waals surface area contributed by atoms with Crippen LogP contribution in [0.15, 0.2) is 35.7 Å². The Morgan fingerprint density at radius 2 is 2.04 bits per heavy atom. The van der Waals surface area contributed by atoms with E-state index in [1.807, 2.05) is 24.4 Å². The predicted octanol–water partition coefficient (Wildman–Crippen LogP) is 3.70. The fraction of sp³-hybridized carbons (Fsp3) is 0.421. The highest BCUT2D eigenvalue weighted by Gasteiger charge is 2.26. The van der Waals surface area contributed by atoms with Gasteiger partial charge in [-0.2, -0.15) is 0 Å². The largest absolute Gasteiger partial charge is 0.489 e. The van der Waals surface area contributed by atoms with Gasteiger partial charge in [0.15, 0.2) is 0 Å². The van der Waals surface area contributed by atoms with Gasteiger partial charge in [0.2, 0.25) is 10.0 Å². The molecule has 152 valence electrons. The number of ether oxygens (including phenoxy) is 1. The number of piperidine rings is 1. The fourth-order valence-electron chi connectivity index (χ4n) is 3.09. The molecule has 2 aromatic rings. The highest BCUT2D eigenvalue weighted by molar-refractivity contribution is 7.88. The molecule has 1 aliphatic rings. The maximum atomic E-state index is 12.5. The Balaban J connectivity index is 1.59. The summed E-state index contributed by atoms with van der Waals surface area (Å²) in [5.41, 5.74) is 0.465. The quantitative estimate of drug-likeness (QED) is 0.740. The van der Waals surface area contributed by atoms with Gasteiger partial charge in [0.25, 0.3) is 5.91 Å². The van der Waals surface area contributed by atoms with Crippen molar-refractivity contribution >= 4 is 38.9 Å². The molecule has 1 amide bonds. The number of thiophene rings is 1. The number of amides is 1. The number of hydrogen-bond donors (Lipinski definition) is 1. The van der Waals surface area contributed by atoms with Crippen molar-refractivity contribution in [3.05, 3.63) is 51.2 Å². The minimum Gasteiger partial charge on any atom is -0.489 e. The number of rotatable bonds is 6. The average Bonchev–Trinajstić information content (AvgIpc) is 3.18. The standard InChI is InChI=1S/C19H23ClN2O4S2/c1-13(18-4-3-11-27-18)21-19(23)14-5-6-17(16(20)12-14)26-15-7-9-22(10-8-15)28(2,24)25/h3-6,11-13,15H,7-10H2,1-2H3,(H,21,23). The Kier molecular flexibility index (Phi) is 6.65.